The number of Topliss-reactive ketones (excluding diaryl/α,β-unsaturated/α-hetero) is 2. The predicted molar refractivity (Wildman–Crippen MR) is 142 cm³/mol. The summed E-state index contributed by atoms with van der Waals surface area (Å²) in [5.74, 6) is -0.00832. The van der Waals surface area contributed by atoms with Crippen LogP contribution in [-0.4, -0.2) is 69.0 Å². The van der Waals surface area contributed by atoms with Gasteiger partial charge in [-0.2, -0.15) is 0 Å². The van der Waals surface area contributed by atoms with E-state index >= 15 is 0 Å². The van der Waals surface area contributed by atoms with Crippen LogP contribution in [0.2, 0.25) is 0 Å². The van der Waals surface area contributed by atoms with E-state index in [0.29, 0.717) is 30.8 Å². The van der Waals surface area contributed by atoms with Crippen LogP contribution in [0.15, 0.2) is 36.7 Å². The molecular weight excluding hydrogens is 498 g/mol. The van der Waals surface area contributed by atoms with E-state index in [-0.39, 0.29) is 53.4 Å². The number of aromatic nitrogens is 3. The number of nitrogens with one attached hydrogen (secondary N) is 3. The maximum Gasteiger partial charge on any atom is 0.271 e. The molecule has 204 valence electrons. The zero-order valence-electron chi connectivity index (χ0n) is 21.9. The molecule has 0 unspecified atom stereocenters. The van der Waals surface area contributed by atoms with Crippen LogP contribution < -0.4 is 10.1 Å². The van der Waals surface area contributed by atoms with Gasteiger partial charge in [0.1, 0.15) is 23.3 Å². The summed E-state index contributed by atoms with van der Waals surface area (Å²) in [5.41, 5.74) is 1.18. The number of carbonyl (C=O) groups excluding carboxylic acids is 4. The van der Waals surface area contributed by atoms with E-state index in [9.17, 15) is 19.2 Å². The van der Waals surface area contributed by atoms with E-state index in [1.807, 2.05) is 18.2 Å². The Morgan fingerprint density at radius 3 is 2.82 bits per heavy atom. The Kier molecular flexibility index (Phi) is 6.70. The van der Waals surface area contributed by atoms with Crippen molar-refractivity contribution >= 4 is 34.3 Å². The Morgan fingerprint density at radius 2 is 2.08 bits per heavy atom. The van der Waals surface area contributed by atoms with E-state index in [1.165, 1.54) is 6.20 Å². The highest BCUT2D eigenvalue weighted by Crippen LogP contribution is 2.43. The monoisotopic (exact) mass is 531 g/mol. The van der Waals surface area contributed by atoms with Crippen molar-refractivity contribution in [2.75, 3.05) is 13.7 Å². The molecule has 1 aliphatic heterocycles. The lowest BCUT2D eigenvalue weighted by molar-refractivity contribution is -0.127. The molecule has 39 heavy (non-hydrogen) atoms. The van der Waals surface area contributed by atoms with Crippen molar-refractivity contribution < 1.29 is 23.9 Å². The summed E-state index contributed by atoms with van der Waals surface area (Å²) >= 11 is 0. The van der Waals surface area contributed by atoms with Gasteiger partial charge in [-0.05, 0) is 62.1 Å². The lowest BCUT2D eigenvalue weighted by Gasteiger charge is -2.29. The van der Waals surface area contributed by atoms with Crippen molar-refractivity contribution in [3.05, 3.63) is 48.2 Å². The van der Waals surface area contributed by atoms with Crippen LogP contribution in [0.4, 0.5) is 0 Å². The van der Waals surface area contributed by atoms with Crippen molar-refractivity contribution in [1.29, 1.82) is 0 Å². The normalized spacial score (nSPS) is 25.2. The van der Waals surface area contributed by atoms with Gasteiger partial charge >= 0.3 is 0 Å². The number of fused-ring (bicyclic) bond motifs is 2. The van der Waals surface area contributed by atoms with Gasteiger partial charge in [0, 0.05) is 42.2 Å². The third-order valence-electron chi connectivity index (χ3n) is 8.81. The average Bonchev–Trinajstić information content (AvgIpc) is 3.75. The number of ether oxygens (including phenoxy) is 1. The van der Waals surface area contributed by atoms with Gasteiger partial charge in [-0.1, -0.05) is 12.5 Å². The first-order chi connectivity index (χ1) is 18.9. The second kappa shape index (κ2) is 10.3. The second-order valence-electron chi connectivity index (χ2n) is 11.0. The first-order valence-electron chi connectivity index (χ1n) is 13.8. The molecular formula is C29H33N5O5. The van der Waals surface area contributed by atoms with E-state index < -0.39 is 12.1 Å². The van der Waals surface area contributed by atoms with Crippen LogP contribution in [-0.2, 0) is 9.59 Å². The summed E-state index contributed by atoms with van der Waals surface area (Å²) in [6, 6.07) is 5.76. The number of ketones is 2. The summed E-state index contributed by atoms with van der Waals surface area (Å²) in [7, 11) is 1.59. The number of methoxy groups -OCH3 is 1. The quantitative estimate of drug-likeness (QED) is 0.382. The molecule has 3 heterocycles. The molecule has 0 radical (unpaired) electrons. The maximum atomic E-state index is 13.9. The molecule has 3 aliphatic rings. The first kappa shape index (κ1) is 25.3. The molecule has 3 aromatic rings. The van der Waals surface area contributed by atoms with Crippen LogP contribution in [0, 0.1) is 17.8 Å². The number of hydrogen-bond acceptors (Lipinski definition) is 6. The Labute approximate surface area is 225 Å². The summed E-state index contributed by atoms with van der Waals surface area (Å²) in [5, 5.41) is 3.76. The second-order valence-corrected chi connectivity index (χ2v) is 11.0. The van der Waals surface area contributed by atoms with Crippen molar-refractivity contribution in [1.82, 2.24) is 25.2 Å². The van der Waals surface area contributed by atoms with Crippen LogP contribution in [0.25, 0.3) is 10.9 Å². The SMILES string of the molecule is COc1cccc2[nH]c(C(=O)N3C[C@@H]4CCC[C@@H]4[C@H]3C(=O)N[C@@H](C[C@@H]3CCCC3=O)C(=O)c3ncc[nH]3)cc12. The Hall–Kier alpha value is -3.95. The van der Waals surface area contributed by atoms with Gasteiger partial charge in [-0.15, -0.1) is 0 Å². The number of nitrogens with zero attached hydrogens (tertiary/aromatic N) is 2. The third-order valence-corrected chi connectivity index (χ3v) is 8.81. The van der Waals surface area contributed by atoms with Crippen LogP contribution in [0.1, 0.15) is 66.1 Å². The molecule has 3 N–H and O–H groups in total. The molecule has 2 amide bonds. The van der Waals surface area contributed by atoms with Crippen molar-refractivity contribution in [3.63, 3.8) is 0 Å². The van der Waals surface area contributed by atoms with Gasteiger partial charge in [0.25, 0.3) is 5.91 Å². The Bertz CT molecular complexity index is 1410. The zero-order valence-corrected chi connectivity index (χ0v) is 21.9. The molecule has 2 saturated carbocycles. The lowest BCUT2D eigenvalue weighted by atomic mass is 9.91. The summed E-state index contributed by atoms with van der Waals surface area (Å²) < 4.78 is 5.45. The number of benzene rings is 1. The van der Waals surface area contributed by atoms with Crippen molar-refractivity contribution in [2.24, 2.45) is 17.8 Å². The van der Waals surface area contributed by atoms with Gasteiger partial charge in [-0.25, -0.2) is 4.98 Å². The minimum Gasteiger partial charge on any atom is -0.496 e. The van der Waals surface area contributed by atoms with Gasteiger partial charge < -0.3 is 24.9 Å². The Balaban J connectivity index is 1.28. The highest BCUT2D eigenvalue weighted by Gasteiger charge is 2.50. The molecule has 1 aromatic carbocycles. The number of rotatable bonds is 8. The molecule has 0 spiro atoms. The summed E-state index contributed by atoms with van der Waals surface area (Å²) in [6.45, 7) is 0.492. The third kappa shape index (κ3) is 4.62. The van der Waals surface area contributed by atoms with E-state index in [2.05, 4.69) is 20.3 Å². The smallest absolute Gasteiger partial charge is 0.271 e. The highest BCUT2D eigenvalue weighted by molar-refractivity contribution is 6.03. The molecule has 2 aliphatic carbocycles. The number of aromatic amines is 2. The first-order valence-corrected chi connectivity index (χ1v) is 13.8. The zero-order chi connectivity index (χ0) is 27.1. The van der Waals surface area contributed by atoms with Crippen LogP contribution in [0.3, 0.4) is 0 Å². The molecule has 5 atom stereocenters. The van der Waals surface area contributed by atoms with Crippen molar-refractivity contribution in [3.8, 4) is 5.75 Å². The van der Waals surface area contributed by atoms with Crippen molar-refractivity contribution in [2.45, 2.75) is 57.0 Å². The molecule has 0 bridgehead atoms. The van der Waals surface area contributed by atoms with Crippen LogP contribution in [0.5, 0.6) is 5.75 Å². The minimum atomic E-state index is -0.898. The number of imidazole rings is 1. The number of likely N-dealkylation sites (tertiary alicyclic amines) is 1. The predicted octanol–water partition coefficient (Wildman–Crippen LogP) is 3.27. The lowest BCUT2D eigenvalue weighted by Crippen LogP contribution is -2.53. The molecule has 10 nitrogen and oxygen atoms in total. The maximum absolute atomic E-state index is 13.9. The van der Waals surface area contributed by atoms with E-state index in [0.717, 1.165) is 36.6 Å². The standard InChI is InChI=1S/C29H33N5O5/c1-39-24-10-4-8-20-19(24)14-22(32-20)29(38)34-15-17-6-2-7-18(17)25(34)28(37)33-21(13-16-5-3-9-23(16)35)26(36)27-30-11-12-31-27/h4,8,10-12,14,16-18,21,25,32H,2-3,5-7,9,13,15H2,1H3,(H,30,31)(H,33,37)/t16-,17-,18-,21-,25-/m0/s1. The van der Waals surface area contributed by atoms with E-state index in [1.54, 1.807) is 24.3 Å². The van der Waals surface area contributed by atoms with Gasteiger partial charge in [0.05, 0.1) is 13.2 Å². The number of amides is 2. The van der Waals surface area contributed by atoms with E-state index in [4.69, 9.17) is 4.74 Å². The molecule has 10 heteroatoms. The fourth-order valence-corrected chi connectivity index (χ4v) is 6.90. The molecule has 3 fully saturated rings. The Morgan fingerprint density at radius 1 is 1.21 bits per heavy atom. The number of carbonyl (C=O) groups is 4. The summed E-state index contributed by atoms with van der Waals surface area (Å²) in [6.07, 6.45) is 8.11. The fraction of sp³-hybridized carbons (Fsp3) is 0.483. The van der Waals surface area contributed by atoms with Gasteiger partial charge in [0.2, 0.25) is 11.7 Å². The number of H-pyrrole nitrogens is 2. The molecule has 1 saturated heterocycles. The van der Waals surface area contributed by atoms with Gasteiger partial charge in [0.15, 0.2) is 5.82 Å². The summed E-state index contributed by atoms with van der Waals surface area (Å²) in [4.78, 5) is 65.3. The topological polar surface area (TPSA) is 137 Å². The molecule has 6 rings (SSSR count). The molecule has 2 aromatic heterocycles. The fourth-order valence-electron chi connectivity index (χ4n) is 6.90. The number of hydrogen-bond donors (Lipinski definition) is 3. The average molecular weight is 532 g/mol. The van der Waals surface area contributed by atoms with Crippen LogP contribution >= 0.6 is 0 Å². The van der Waals surface area contributed by atoms with Gasteiger partial charge in [-0.3, -0.25) is 19.2 Å². The largest absolute Gasteiger partial charge is 0.496 e. The minimum absolute atomic E-state index is 0.0281. The highest BCUT2D eigenvalue weighted by atomic mass is 16.5.